The monoisotopic (exact) mass is 229 g/mol. The highest BCUT2D eigenvalue weighted by Gasteiger charge is 2.39. The molecule has 1 saturated carbocycles. The summed E-state index contributed by atoms with van der Waals surface area (Å²) in [7, 11) is 1.20. The van der Waals surface area contributed by atoms with Crippen molar-refractivity contribution in [3.63, 3.8) is 0 Å². The Balaban J connectivity index is 2.14. The van der Waals surface area contributed by atoms with Gasteiger partial charge in [-0.2, -0.15) is 4.39 Å². The molecule has 0 saturated heterocycles. The van der Waals surface area contributed by atoms with Gasteiger partial charge in [0.1, 0.15) is 6.61 Å². The van der Waals surface area contributed by atoms with Crippen LogP contribution in [-0.4, -0.2) is 19.3 Å². The maximum atomic E-state index is 13.6. The Morgan fingerprint density at radius 1 is 1.38 bits per heavy atom. The van der Waals surface area contributed by atoms with Crippen molar-refractivity contribution in [1.29, 1.82) is 0 Å². The third kappa shape index (κ3) is 2.09. The molecule has 5 heteroatoms. The van der Waals surface area contributed by atoms with E-state index in [4.69, 9.17) is 10.5 Å². The number of nitrogens with two attached hydrogens (primary N) is 1. The molecule has 0 atom stereocenters. The Bertz CT molecular complexity index is 405. The molecular weight excluding hydrogens is 216 g/mol. The Morgan fingerprint density at radius 2 is 2.06 bits per heavy atom. The molecule has 0 radical (unpaired) electrons. The molecule has 1 aliphatic carbocycles. The Morgan fingerprint density at radius 3 is 2.62 bits per heavy atom. The van der Waals surface area contributed by atoms with Gasteiger partial charge in [0.05, 0.1) is 12.6 Å². The van der Waals surface area contributed by atoms with Gasteiger partial charge in [-0.25, -0.2) is 4.39 Å². The summed E-state index contributed by atoms with van der Waals surface area (Å²) in [6, 6.07) is 2.34. The van der Waals surface area contributed by atoms with Gasteiger partial charge in [0.2, 0.25) is 5.82 Å². The van der Waals surface area contributed by atoms with Gasteiger partial charge in [-0.15, -0.1) is 0 Å². The van der Waals surface area contributed by atoms with Crippen LogP contribution in [0, 0.1) is 11.6 Å². The molecule has 1 aromatic carbocycles. The Hall–Kier alpha value is -1.36. The van der Waals surface area contributed by atoms with E-state index < -0.39 is 17.4 Å². The van der Waals surface area contributed by atoms with Crippen LogP contribution >= 0.6 is 0 Å². The number of benzene rings is 1. The van der Waals surface area contributed by atoms with E-state index in [0.29, 0.717) is 0 Å². The summed E-state index contributed by atoms with van der Waals surface area (Å²) in [6.45, 7) is 0.235. The second-order valence-electron chi connectivity index (χ2n) is 4.04. The zero-order valence-corrected chi connectivity index (χ0v) is 8.93. The highest BCUT2D eigenvalue weighted by molar-refractivity contribution is 5.37. The number of hydrogen-bond acceptors (Lipinski definition) is 3. The van der Waals surface area contributed by atoms with Gasteiger partial charge in [0.25, 0.3) is 0 Å². The zero-order valence-electron chi connectivity index (χ0n) is 8.93. The minimum absolute atomic E-state index is 0.0324. The first kappa shape index (κ1) is 11.1. The van der Waals surface area contributed by atoms with Crippen LogP contribution in [0.4, 0.5) is 8.78 Å². The zero-order chi connectivity index (χ0) is 11.8. The molecule has 0 aromatic heterocycles. The average Bonchev–Trinajstić information content (AvgIpc) is 2.97. The van der Waals surface area contributed by atoms with Crippen LogP contribution in [-0.2, 0) is 0 Å². The first-order chi connectivity index (χ1) is 7.56. The van der Waals surface area contributed by atoms with E-state index in [0.717, 1.165) is 18.9 Å². The molecule has 16 heavy (non-hydrogen) atoms. The van der Waals surface area contributed by atoms with Crippen LogP contribution in [0.2, 0.25) is 0 Å². The van der Waals surface area contributed by atoms with Crippen LogP contribution < -0.4 is 15.2 Å². The molecule has 2 N–H and O–H groups in total. The second-order valence-corrected chi connectivity index (χ2v) is 4.04. The highest BCUT2D eigenvalue weighted by atomic mass is 19.1. The summed E-state index contributed by atoms with van der Waals surface area (Å²) < 4.78 is 36.5. The molecule has 1 aromatic rings. The van der Waals surface area contributed by atoms with E-state index in [2.05, 4.69) is 4.74 Å². The van der Waals surface area contributed by atoms with Gasteiger partial charge >= 0.3 is 0 Å². The number of rotatable bonds is 4. The second kappa shape index (κ2) is 3.90. The van der Waals surface area contributed by atoms with Crippen LogP contribution in [0.5, 0.6) is 11.5 Å². The number of methoxy groups -OCH3 is 1. The van der Waals surface area contributed by atoms with Gasteiger partial charge in [-0.1, -0.05) is 0 Å². The molecule has 0 bridgehead atoms. The van der Waals surface area contributed by atoms with Gasteiger partial charge in [-0.05, 0) is 25.0 Å². The van der Waals surface area contributed by atoms with E-state index in [1.165, 1.54) is 13.2 Å². The number of ether oxygens (including phenoxy) is 2. The van der Waals surface area contributed by atoms with Crippen LogP contribution in [0.25, 0.3) is 0 Å². The molecule has 3 nitrogen and oxygen atoms in total. The van der Waals surface area contributed by atoms with Gasteiger partial charge in [-0.3, -0.25) is 0 Å². The van der Waals surface area contributed by atoms with E-state index >= 15 is 0 Å². The van der Waals surface area contributed by atoms with Crippen molar-refractivity contribution in [1.82, 2.24) is 0 Å². The first-order valence-corrected chi connectivity index (χ1v) is 4.99. The molecular formula is C11H13F2NO2. The molecule has 1 aliphatic rings. The summed E-state index contributed by atoms with van der Waals surface area (Å²) in [5.74, 6) is -2.04. The van der Waals surface area contributed by atoms with Crippen molar-refractivity contribution < 1.29 is 18.3 Å². The minimum atomic E-state index is -0.827. The van der Waals surface area contributed by atoms with E-state index in [1.807, 2.05) is 0 Å². The Kier molecular flexibility index (Phi) is 2.71. The lowest BCUT2D eigenvalue weighted by Gasteiger charge is -2.13. The van der Waals surface area contributed by atoms with Crippen LogP contribution in [0.15, 0.2) is 12.1 Å². The molecule has 88 valence electrons. The quantitative estimate of drug-likeness (QED) is 0.856. The predicted octanol–water partition coefficient (Wildman–Crippen LogP) is 1.84. The van der Waals surface area contributed by atoms with E-state index in [1.54, 1.807) is 0 Å². The lowest BCUT2D eigenvalue weighted by atomic mass is 10.3. The topological polar surface area (TPSA) is 44.5 Å². The summed E-state index contributed by atoms with van der Waals surface area (Å²) in [5, 5.41) is 0. The maximum Gasteiger partial charge on any atom is 0.209 e. The molecule has 2 rings (SSSR count). The average molecular weight is 229 g/mol. The van der Waals surface area contributed by atoms with Crippen LogP contribution in [0.3, 0.4) is 0 Å². The third-order valence-electron chi connectivity index (χ3n) is 2.63. The molecule has 0 unspecified atom stereocenters. The van der Waals surface area contributed by atoms with Crippen molar-refractivity contribution in [2.75, 3.05) is 13.7 Å². The number of halogens is 2. The van der Waals surface area contributed by atoms with E-state index in [9.17, 15) is 8.78 Å². The molecule has 0 aliphatic heterocycles. The smallest absolute Gasteiger partial charge is 0.209 e. The fourth-order valence-corrected chi connectivity index (χ4v) is 1.34. The fraction of sp³-hybridized carbons (Fsp3) is 0.455. The molecule has 0 spiro atoms. The number of hydrogen-bond donors (Lipinski definition) is 1. The molecule has 0 amide bonds. The summed E-state index contributed by atoms with van der Waals surface area (Å²) >= 11 is 0. The minimum Gasteiger partial charge on any atom is -0.491 e. The van der Waals surface area contributed by atoms with Crippen molar-refractivity contribution in [2.24, 2.45) is 5.73 Å². The normalized spacial score (nSPS) is 17.0. The SMILES string of the molecule is COc1c(F)ccc(OCC2(N)CC2)c1F. The van der Waals surface area contributed by atoms with Crippen molar-refractivity contribution in [2.45, 2.75) is 18.4 Å². The lowest BCUT2D eigenvalue weighted by Crippen LogP contribution is -2.30. The molecule has 1 fully saturated rings. The standard InChI is InChI=1S/C11H13F2NO2/c1-15-10-7(12)2-3-8(9(10)13)16-6-11(14)4-5-11/h2-3H,4-6,14H2,1H3. The van der Waals surface area contributed by atoms with Gasteiger partial charge in [0.15, 0.2) is 17.3 Å². The molecule has 0 heterocycles. The van der Waals surface area contributed by atoms with Crippen molar-refractivity contribution in [3.8, 4) is 11.5 Å². The van der Waals surface area contributed by atoms with Crippen LogP contribution in [0.1, 0.15) is 12.8 Å². The van der Waals surface area contributed by atoms with Gasteiger partial charge < -0.3 is 15.2 Å². The van der Waals surface area contributed by atoms with Crippen molar-refractivity contribution >= 4 is 0 Å². The Labute approximate surface area is 92.1 Å². The maximum absolute atomic E-state index is 13.6. The predicted molar refractivity (Wildman–Crippen MR) is 54.6 cm³/mol. The summed E-state index contributed by atoms with van der Waals surface area (Å²) in [5.41, 5.74) is 5.45. The largest absolute Gasteiger partial charge is 0.491 e. The first-order valence-electron chi connectivity index (χ1n) is 4.99. The third-order valence-corrected chi connectivity index (χ3v) is 2.63. The lowest BCUT2D eigenvalue weighted by molar-refractivity contribution is 0.259. The van der Waals surface area contributed by atoms with Gasteiger partial charge in [0, 0.05) is 0 Å². The van der Waals surface area contributed by atoms with Crippen molar-refractivity contribution in [3.05, 3.63) is 23.8 Å². The summed E-state index contributed by atoms with van der Waals surface area (Å²) in [4.78, 5) is 0. The summed E-state index contributed by atoms with van der Waals surface area (Å²) in [6.07, 6.45) is 1.74. The van der Waals surface area contributed by atoms with E-state index in [-0.39, 0.29) is 17.9 Å². The fourth-order valence-electron chi connectivity index (χ4n) is 1.34. The highest BCUT2D eigenvalue weighted by Crippen LogP contribution is 2.34.